The molecule has 0 saturated carbocycles. The Morgan fingerprint density at radius 3 is 3.06 bits per heavy atom. The van der Waals surface area contributed by atoms with Gasteiger partial charge < -0.3 is 5.73 Å². The second-order valence-corrected chi connectivity index (χ2v) is 4.12. The van der Waals surface area contributed by atoms with Crippen LogP contribution in [0, 0.1) is 6.92 Å². The standard InChI is InChI=1S/C8H9N5O2S/c1-4-2-6(15)13-7(10-4)11-8(12-13)16-3-5(9)14/h2H,3H2,1H3,(H2,9,14)(H,10,11,12). The number of primary amides is 1. The highest BCUT2D eigenvalue weighted by atomic mass is 32.2. The summed E-state index contributed by atoms with van der Waals surface area (Å²) in [6.45, 7) is 1.71. The van der Waals surface area contributed by atoms with Crippen LogP contribution in [-0.4, -0.2) is 31.2 Å². The van der Waals surface area contributed by atoms with E-state index in [4.69, 9.17) is 5.73 Å². The van der Waals surface area contributed by atoms with Crippen molar-refractivity contribution < 1.29 is 4.79 Å². The van der Waals surface area contributed by atoms with Crippen LogP contribution >= 0.6 is 11.8 Å². The maximum Gasteiger partial charge on any atom is 0.274 e. The molecule has 0 aliphatic carbocycles. The lowest BCUT2D eigenvalue weighted by molar-refractivity contribution is -0.115. The van der Waals surface area contributed by atoms with Gasteiger partial charge in [0, 0.05) is 11.8 Å². The molecule has 0 atom stereocenters. The van der Waals surface area contributed by atoms with E-state index in [9.17, 15) is 9.59 Å². The first-order valence-electron chi connectivity index (χ1n) is 4.44. The number of hydrogen-bond acceptors (Lipinski definition) is 5. The first-order chi connectivity index (χ1) is 7.56. The van der Waals surface area contributed by atoms with Gasteiger partial charge in [0.05, 0.1) is 5.75 Å². The van der Waals surface area contributed by atoms with E-state index < -0.39 is 5.91 Å². The summed E-state index contributed by atoms with van der Waals surface area (Å²) in [7, 11) is 0. The maximum absolute atomic E-state index is 11.5. The fourth-order valence-corrected chi connectivity index (χ4v) is 1.76. The van der Waals surface area contributed by atoms with Crippen LogP contribution in [0.3, 0.4) is 0 Å². The van der Waals surface area contributed by atoms with Crippen LogP contribution in [0.25, 0.3) is 5.78 Å². The predicted molar refractivity (Wildman–Crippen MR) is 58.3 cm³/mol. The van der Waals surface area contributed by atoms with Crippen molar-refractivity contribution >= 4 is 23.4 Å². The molecule has 0 aromatic carbocycles. The van der Waals surface area contributed by atoms with Gasteiger partial charge >= 0.3 is 0 Å². The molecule has 2 rings (SSSR count). The normalized spacial score (nSPS) is 10.8. The average molecular weight is 239 g/mol. The number of thioether (sulfide) groups is 1. The maximum atomic E-state index is 11.5. The first kappa shape index (κ1) is 10.7. The van der Waals surface area contributed by atoms with Crippen LogP contribution in [0.4, 0.5) is 0 Å². The van der Waals surface area contributed by atoms with Gasteiger partial charge in [0.25, 0.3) is 11.3 Å². The van der Waals surface area contributed by atoms with E-state index in [0.717, 1.165) is 11.8 Å². The molecule has 3 N–H and O–H groups in total. The number of aromatic amines is 1. The predicted octanol–water partition coefficient (Wildman–Crippen LogP) is -0.697. The summed E-state index contributed by atoms with van der Waals surface area (Å²) in [6.07, 6.45) is 0. The highest BCUT2D eigenvalue weighted by Crippen LogP contribution is 2.11. The summed E-state index contributed by atoms with van der Waals surface area (Å²) in [5.41, 5.74) is 5.37. The van der Waals surface area contributed by atoms with Crippen LogP contribution in [-0.2, 0) is 4.79 Å². The van der Waals surface area contributed by atoms with Gasteiger partial charge in [0.2, 0.25) is 5.91 Å². The number of rotatable bonds is 3. The summed E-state index contributed by atoms with van der Waals surface area (Å²) >= 11 is 1.13. The van der Waals surface area contributed by atoms with E-state index in [2.05, 4.69) is 15.1 Å². The SMILES string of the molecule is Cc1cc(=O)n2[nH]c(SCC(N)=O)nc2n1. The Bertz CT molecular complexity index is 602. The van der Waals surface area contributed by atoms with Gasteiger partial charge in [-0.25, -0.2) is 4.98 Å². The quantitative estimate of drug-likeness (QED) is 0.689. The van der Waals surface area contributed by atoms with E-state index in [0.29, 0.717) is 10.9 Å². The van der Waals surface area contributed by atoms with Crippen molar-refractivity contribution in [2.45, 2.75) is 12.1 Å². The zero-order valence-corrected chi connectivity index (χ0v) is 9.24. The molecular weight excluding hydrogens is 230 g/mol. The molecule has 2 aromatic heterocycles. The molecule has 2 aromatic rings. The second kappa shape index (κ2) is 3.97. The highest BCUT2D eigenvalue weighted by molar-refractivity contribution is 7.99. The van der Waals surface area contributed by atoms with Gasteiger partial charge in [0.15, 0.2) is 5.16 Å². The number of amides is 1. The number of nitrogens with one attached hydrogen (secondary N) is 1. The first-order valence-corrected chi connectivity index (χ1v) is 5.42. The molecule has 0 bridgehead atoms. The molecule has 0 spiro atoms. The third-order valence-corrected chi connectivity index (χ3v) is 2.67. The van der Waals surface area contributed by atoms with E-state index in [-0.39, 0.29) is 17.1 Å². The molecule has 7 nitrogen and oxygen atoms in total. The Balaban J connectivity index is 2.40. The van der Waals surface area contributed by atoms with Gasteiger partial charge in [-0.05, 0) is 6.92 Å². The summed E-state index contributed by atoms with van der Waals surface area (Å²) < 4.78 is 1.22. The monoisotopic (exact) mass is 239 g/mol. The molecule has 0 unspecified atom stereocenters. The van der Waals surface area contributed by atoms with Gasteiger partial charge in [-0.3, -0.25) is 14.7 Å². The minimum atomic E-state index is -0.443. The van der Waals surface area contributed by atoms with E-state index >= 15 is 0 Å². The number of aromatic nitrogens is 4. The minimum Gasteiger partial charge on any atom is -0.369 e. The van der Waals surface area contributed by atoms with Crippen molar-refractivity contribution in [1.82, 2.24) is 19.6 Å². The zero-order chi connectivity index (χ0) is 11.7. The number of nitrogens with zero attached hydrogens (tertiary/aromatic N) is 3. The molecule has 8 heteroatoms. The van der Waals surface area contributed by atoms with Crippen LogP contribution in [0.15, 0.2) is 16.0 Å². The Morgan fingerprint density at radius 1 is 1.62 bits per heavy atom. The molecule has 0 radical (unpaired) electrons. The van der Waals surface area contributed by atoms with Crippen molar-refractivity contribution in [3.05, 3.63) is 22.1 Å². The third-order valence-electron chi connectivity index (χ3n) is 1.79. The Hall–Kier alpha value is -1.83. The summed E-state index contributed by atoms with van der Waals surface area (Å²) in [5.74, 6) is -0.0491. The lowest BCUT2D eigenvalue weighted by Crippen LogP contribution is -2.14. The van der Waals surface area contributed by atoms with Crippen LogP contribution < -0.4 is 11.3 Å². The van der Waals surface area contributed by atoms with Gasteiger partial charge in [0.1, 0.15) is 0 Å². The Morgan fingerprint density at radius 2 is 2.38 bits per heavy atom. The molecule has 0 fully saturated rings. The van der Waals surface area contributed by atoms with Crippen LogP contribution in [0.5, 0.6) is 0 Å². The van der Waals surface area contributed by atoms with Crippen molar-refractivity contribution in [3.8, 4) is 0 Å². The molecular formula is C8H9N5O2S. The van der Waals surface area contributed by atoms with Gasteiger partial charge in [-0.15, -0.1) is 0 Å². The van der Waals surface area contributed by atoms with Crippen molar-refractivity contribution in [2.24, 2.45) is 5.73 Å². The van der Waals surface area contributed by atoms with E-state index in [1.165, 1.54) is 10.6 Å². The Kier molecular flexibility index (Phi) is 2.65. The second-order valence-electron chi connectivity index (χ2n) is 3.15. The van der Waals surface area contributed by atoms with Gasteiger partial charge in [-0.2, -0.15) is 9.50 Å². The van der Waals surface area contributed by atoms with E-state index in [1.54, 1.807) is 6.92 Å². The molecule has 0 aliphatic heterocycles. The van der Waals surface area contributed by atoms with Gasteiger partial charge in [-0.1, -0.05) is 11.8 Å². The minimum absolute atomic E-state index is 0.105. The third kappa shape index (κ3) is 2.06. The molecule has 1 amide bonds. The fraction of sp³-hybridized carbons (Fsp3) is 0.250. The lowest BCUT2D eigenvalue weighted by Gasteiger charge is -1.91. The van der Waals surface area contributed by atoms with E-state index in [1.807, 2.05) is 0 Å². The summed E-state index contributed by atoms with van der Waals surface area (Å²) in [6, 6.07) is 1.40. The molecule has 0 saturated heterocycles. The number of carbonyl (C=O) groups excluding carboxylic acids is 1. The largest absolute Gasteiger partial charge is 0.369 e. The number of H-pyrrole nitrogens is 1. The van der Waals surface area contributed by atoms with Crippen molar-refractivity contribution in [1.29, 1.82) is 0 Å². The number of aryl methyl sites for hydroxylation is 1. The zero-order valence-electron chi connectivity index (χ0n) is 8.43. The van der Waals surface area contributed by atoms with Crippen molar-refractivity contribution in [2.75, 3.05) is 5.75 Å². The molecule has 84 valence electrons. The van der Waals surface area contributed by atoms with Crippen molar-refractivity contribution in [3.63, 3.8) is 0 Å². The van der Waals surface area contributed by atoms with Crippen LogP contribution in [0.1, 0.15) is 5.69 Å². The average Bonchev–Trinajstić information content (AvgIpc) is 2.57. The molecule has 16 heavy (non-hydrogen) atoms. The summed E-state index contributed by atoms with van der Waals surface area (Å²) in [4.78, 5) is 30.2. The number of carbonyl (C=O) groups is 1. The smallest absolute Gasteiger partial charge is 0.274 e. The Labute approximate surface area is 94.1 Å². The lowest BCUT2D eigenvalue weighted by atomic mass is 10.5. The van der Waals surface area contributed by atoms with Crippen LogP contribution in [0.2, 0.25) is 0 Å². The summed E-state index contributed by atoms with van der Waals surface area (Å²) in [5, 5.41) is 3.17. The number of nitrogens with two attached hydrogens (primary N) is 1. The topological polar surface area (TPSA) is 106 Å². The molecule has 2 heterocycles. The number of fused-ring (bicyclic) bond motifs is 1. The fourth-order valence-electron chi connectivity index (χ4n) is 1.18. The highest BCUT2D eigenvalue weighted by Gasteiger charge is 2.07. The molecule has 0 aliphatic rings. The number of hydrogen-bond donors (Lipinski definition) is 2.